The second-order valence-corrected chi connectivity index (χ2v) is 9.33. The van der Waals surface area contributed by atoms with E-state index >= 15 is 0 Å². The quantitative estimate of drug-likeness (QED) is 0.835. The molecule has 3 heteroatoms. The van der Waals surface area contributed by atoms with Gasteiger partial charge in [-0.2, -0.15) is 0 Å². The molecule has 1 unspecified atom stereocenters. The molecule has 0 amide bonds. The molecule has 0 radical (unpaired) electrons. The highest BCUT2D eigenvalue weighted by atomic mass is 32.2. The Morgan fingerprint density at radius 3 is 2.33 bits per heavy atom. The van der Waals surface area contributed by atoms with Crippen molar-refractivity contribution in [2.75, 3.05) is 11.5 Å². The van der Waals surface area contributed by atoms with Crippen LogP contribution in [-0.4, -0.2) is 27.8 Å². The van der Waals surface area contributed by atoms with Crippen LogP contribution in [0.15, 0.2) is 0 Å². The molecule has 2 nitrogen and oxygen atoms in total. The molecule has 1 heterocycles. The lowest BCUT2D eigenvalue weighted by Gasteiger charge is -2.45. The molecule has 1 N–H and O–H groups in total. The van der Waals surface area contributed by atoms with Gasteiger partial charge in [-0.25, -0.2) is 0 Å². The number of rotatable bonds is 2. The highest BCUT2D eigenvalue weighted by Crippen LogP contribution is 2.62. The normalized spacial score (nSPS) is 50.6. The van der Waals surface area contributed by atoms with Crippen LogP contribution in [-0.2, 0) is 10.8 Å². The van der Waals surface area contributed by atoms with Crippen LogP contribution in [0, 0.1) is 16.7 Å². The summed E-state index contributed by atoms with van der Waals surface area (Å²) in [4.78, 5) is 0. The lowest BCUT2D eigenvalue weighted by Crippen LogP contribution is -2.54. The molecule has 3 aliphatic rings. The number of nitrogens with one attached hydrogen (secondary N) is 1. The van der Waals surface area contributed by atoms with E-state index in [0.717, 1.165) is 30.3 Å². The van der Waals surface area contributed by atoms with E-state index in [4.69, 9.17) is 0 Å². The van der Waals surface area contributed by atoms with E-state index in [-0.39, 0.29) is 0 Å². The molecule has 3 rings (SSSR count). The van der Waals surface area contributed by atoms with Gasteiger partial charge in [-0.1, -0.05) is 20.8 Å². The minimum atomic E-state index is -0.535. The van der Waals surface area contributed by atoms with Crippen LogP contribution in [0.25, 0.3) is 0 Å². The monoisotopic (exact) mass is 269 g/mol. The van der Waals surface area contributed by atoms with Crippen LogP contribution < -0.4 is 5.32 Å². The van der Waals surface area contributed by atoms with E-state index in [1.165, 1.54) is 19.3 Å². The van der Waals surface area contributed by atoms with Crippen molar-refractivity contribution in [1.82, 2.24) is 5.32 Å². The third-order valence-corrected chi connectivity index (χ3v) is 7.44. The van der Waals surface area contributed by atoms with E-state index in [1.54, 1.807) is 0 Å². The van der Waals surface area contributed by atoms with Gasteiger partial charge < -0.3 is 5.32 Å². The number of hydrogen-bond acceptors (Lipinski definition) is 2. The number of hydrogen-bond donors (Lipinski definition) is 1. The largest absolute Gasteiger partial charge is 0.310 e. The molecule has 2 bridgehead atoms. The SMILES string of the molecule is CC1(C)C(NC2CCS(=O)CC2)[C@]2(C)CC[C@H]1C2. The summed E-state index contributed by atoms with van der Waals surface area (Å²) in [5.41, 5.74) is 0.967. The Morgan fingerprint density at radius 1 is 1.11 bits per heavy atom. The van der Waals surface area contributed by atoms with Crippen LogP contribution in [0.1, 0.15) is 52.9 Å². The van der Waals surface area contributed by atoms with Crippen LogP contribution in [0.4, 0.5) is 0 Å². The summed E-state index contributed by atoms with van der Waals surface area (Å²) >= 11 is 0. The van der Waals surface area contributed by atoms with Crippen molar-refractivity contribution in [3.05, 3.63) is 0 Å². The van der Waals surface area contributed by atoms with E-state index in [1.807, 2.05) is 0 Å². The first-order valence-electron chi connectivity index (χ1n) is 7.53. The fourth-order valence-corrected chi connectivity index (χ4v) is 6.21. The van der Waals surface area contributed by atoms with E-state index < -0.39 is 10.8 Å². The Balaban J connectivity index is 1.70. The Bertz CT molecular complexity index is 353. The van der Waals surface area contributed by atoms with Gasteiger partial charge in [0.05, 0.1) is 0 Å². The van der Waals surface area contributed by atoms with Crippen molar-refractivity contribution in [2.24, 2.45) is 16.7 Å². The van der Waals surface area contributed by atoms with E-state index in [0.29, 0.717) is 22.9 Å². The van der Waals surface area contributed by atoms with Crippen molar-refractivity contribution >= 4 is 10.8 Å². The minimum absolute atomic E-state index is 0.448. The fourth-order valence-electron chi connectivity index (χ4n) is 4.91. The predicted molar refractivity (Wildman–Crippen MR) is 77.1 cm³/mol. The predicted octanol–water partition coefficient (Wildman–Crippen LogP) is 2.70. The van der Waals surface area contributed by atoms with E-state index in [2.05, 4.69) is 26.1 Å². The Kier molecular flexibility index (Phi) is 3.14. The molecule has 2 saturated carbocycles. The van der Waals surface area contributed by atoms with Crippen molar-refractivity contribution in [2.45, 2.75) is 65.0 Å². The van der Waals surface area contributed by atoms with Gasteiger partial charge in [0.25, 0.3) is 0 Å². The molecule has 1 aliphatic heterocycles. The average molecular weight is 269 g/mol. The zero-order chi connectivity index (χ0) is 13.0. The van der Waals surface area contributed by atoms with Gasteiger partial charge in [0, 0.05) is 34.4 Å². The molecular formula is C15H27NOS. The van der Waals surface area contributed by atoms with Gasteiger partial charge in [0.2, 0.25) is 0 Å². The molecule has 0 aromatic heterocycles. The Labute approximate surface area is 114 Å². The second kappa shape index (κ2) is 4.31. The molecule has 104 valence electrons. The summed E-state index contributed by atoms with van der Waals surface area (Å²) in [7, 11) is -0.535. The van der Waals surface area contributed by atoms with Gasteiger partial charge in [0.1, 0.15) is 0 Å². The zero-order valence-electron chi connectivity index (χ0n) is 12.0. The van der Waals surface area contributed by atoms with Crippen LogP contribution >= 0.6 is 0 Å². The summed E-state index contributed by atoms with van der Waals surface area (Å²) in [5, 5.41) is 3.97. The molecule has 3 fully saturated rings. The molecule has 18 heavy (non-hydrogen) atoms. The first-order chi connectivity index (χ1) is 8.42. The molecule has 1 saturated heterocycles. The maximum Gasteiger partial charge on any atom is 0.0249 e. The molecule has 3 atom stereocenters. The maximum absolute atomic E-state index is 11.4. The molecule has 0 aromatic rings. The highest BCUT2D eigenvalue weighted by molar-refractivity contribution is 7.85. The number of fused-ring (bicyclic) bond motifs is 2. The van der Waals surface area contributed by atoms with Crippen molar-refractivity contribution in [3.63, 3.8) is 0 Å². The highest BCUT2D eigenvalue weighted by Gasteiger charge is 2.59. The summed E-state index contributed by atoms with van der Waals surface area (Å²) in [6.45, 7) is 7.40. The third kappa shape index (κ3) is 1.98. The summed E-state index contributed by atoms with van der Waals surface area (Å²) in [6.07, 6.45) is 6.46. The van der Waals surface area contributed by atoms with Crippen molar-refractivity contribution in [1.29, 1.82) is 0 Å². The third-order valence-electron chi connectivity index (χ3n) is 6.06. The van der Waals surface area contributed by atoms with Gasteiger partial charge in [-0.15, -0.1) is 0 Å². The zero-order valence-corrected chi connectivity index (χ0v) is 12.8. The van der Waals surface area contributed by atoms with Gasteiger partial charge in [-0.3, -0.25) is 4.21 Å². The molecule has 2 aliphatic carbocycles. The molecule has 0 spiro atoms. The molecule has 0 aromatic carbocycles. The second-order valence-electron chi connectivity index (χ2n) is 7.64. The smallest absolute Gasteiger partial charge is 0.0249 e. The van der Waals surface area contributed by atoms with Crippen LogP contribution in [0.5, 0.6) is 0 Å². The van der Waals surface area contributed by atoms with Crippen molar-refractivity contribution in [3.8, 4) is 0 Å². The molecular weight excluding hydrogens is 242 g/mol. The maximum atomic E-state index is 11.4. The topological polar surface area (TPSA) is 29.1 Å². The first kappa shape index (κ1) is 13.1. The summed E-state index contributed by atoms with van der Waals surface area (Å²) in [6, 6.07) is 1.28. The van der Waals surface area contributed by atoms with Crippen LogP contribution in [0.3, 0.4) is 0 Å². The summed E-state index contributed by atoms with van der Waals surface area (Å²) < 4.78 is 11.4. The standard InChI is InChI=1S/C15H27NOS/c1-14(2)11-4-7-15(3,10-11)13(14)16-12-5-8-18(17)9-6-12/h11-13,16H,4-10H2,1-3H3/t11-,12?,13?,15+,18?/m0/s1. The Hall–Kier alpha value is 0.110. The first-order valence-corrected chi connectivity index (χ1v) is 9.02. The minimum Gasteiger partial charge on any atom is -0.310 e. The Morgan fingerprint density at radius 2 is 1.78 bits per heavy atom. The lowest BCUT2D eigenvalue weighted by atomic mass is 9.68. The average Bonchev–Trinajstić information content (AvgIpc) is 2.78. The van der Waals surface area contributed by atoms with Crippen molar-refractivity contribution < 1.29 is 4.21 Å². The lowest BCUT2D eigenvalue weighted by molar-refractivity contribution is 0.0968. The van der Waals surface area contributed by atoms with Gasteiger partial charge >= 0.3 is 0 Å². The fraction of sp³-hybridized carbons (Fsp3) is 1.00. The summed E-state index contributed by atoms with van der Waals surface area (Å²) in [5.74, 6) is 2.73. The van der Waals surface area contributed by atoms with Gasteiger partial charge in [0.15, 0.2) is 0 Å². The van der Waals surface area contributed by atoms with Gasteiger partial charge in [-0.05, 0) is 48.9 Å². The van der Waals surface area contributed by atoms with Crippen LogP contribution in [0.2, 0.25) is 0 Å². The van der Waals surface area contributed by atoms with E-state index in [9.17, 15) is 4.21 Å².